The number of nitrogens with zero attached hydrogens (tertiary/aromatic N) is 3. The number of fused-ring (bicyclic) bond motifs is 2. The molecule has 8 heteroatoms. The number of rotatable bonds is 4. The predicted octanol–water partition coefficient (Wildman–Crippen LogP) is 1.80. The second kappa shape index (κ2) is 7.92. The summed E-state index contributed by atoms with van der Waals surface area (Å²) in [6, 6.07) is 3.72. The summed E-state index contributed by atoms with van der Waals surface area (Å²) in [5, 5.41) is 20.8. The zero-order valence-electron chi connectivity index (χ0n) is 15.2. The molecule has 0 unspecified atom stereocenters. The van der Waals surface area contributed by atoms with E-state index in [2.05, 4.69) is 26.3 Å². The fourth-order valence-corrected chi connectivity index (χ4v) is 4.48. The molecule has 1 amide bonds. The molecular formula is C19H25N7O. The van der Waals surface area contributed by atoms with Crippen LogP contribution in [0.2, 0.25) is 0 Å². The molecule has 142 valence electrons. The predicted molar refractivity (Wildman–Crippen MR) is 103 cm³/mol. The van der Waals surface area contributed by atoms with E-state index in [1.54, 1.807) is 12.3 Å². The number of nitriles is 1. The van der Waals surface area contributed by atoms with Crippen molar-refractivity contribution in [2.75, 3.05) is 17.2 Å². The van der Waals surface area contributed by atoms with Crippen LogP contribution in [0, 0.1) is 23.3 Å². The maximum Gasteiger partial charge on any atom is 0.242 e. The van der Waals surface area contributed by atoms with Gasteiger partial charge >= 0.3 is 0 Å². The van der Waals surface area contributed by atoms with Gasteiger partial charge in [-0.15, -0.1) is 0 Å². The number of pyridine rings is 1. The normalized spacial score (nSPS) is 29.4. The Hall–Kier alpha value is -2.66. The van der Waals surface area contributed by atoms with E-state index in [-0.39, 0.29) is 18.0 Å². The van der Waals surface area contributed by atoms with E-state index < -0.39 is 0 Å². The molecule has 0 aromatic carbocycles. The summed E-state index contributed by atoms with van der Waals surface area (Å²) >= 11 is 0. The summed E-state index contributed by atoms with van der Waals surface area (Å²) in [6.45, 7) is 0.880. The first-order valence-electron chi connectivity index (χ1n) is 9.71. The third-order valence-electron chi connectivity index (χ3n) is 5.82. The van der Waals surface area contributed by atoms with Crippen molar-refractivity contribution in [2.24, 2.45) is 16.8 Å². The number of aliphatic imine (C=N–C) groups is 1. The van der Waals surface area contributed by atoms with Crippen LogP contribution in [0.3, 0.4) is 0 Å². The first kappa shape index (κ1) is 17.7. The highest BCUT2D eigenvalue weighted by molar-refractivity contribution is 5.96. The third-order valence-corrected chi connectivity index (χ3v) is 5.82. The molecule has 0 spiro atoms. The molecule has 2 aliphatic carbocycles. The molecule has 2 bridgehead atoms. The van der Waals surface area contributed by atoms with Crippen LogP contribution in [0.5, 0.6) is 0 Å². The smallest absolute Gasteiger partial charge is 0.242 e. The average Bonchev–Trinajstić information content (AvgIpc) is 3.42. The fourth-order valence-electron chi connectivity index (χ4n) is 4.48. The Morgan fingerprint density at radius 3 is 2.81 bits per heavy atom. The average molecular weight is 367 g/mol. The van der Waals surface area contributed by atoms with E-state index in [9.17, 15) is 4.79 Å². The molecule has 8 nitrogen and oxygen atoms in total. The Kier molecular flexibility index (Phi) is 5.21. The Morgan fingerprint density at radius 2 is 2.19 bits per heavy atom. The minimum absolute atomic E-state index is 0.0506. The van der Waals surface area contributed by atoms with E-state index >= 15 is 0 Å². The Balaban J connectivity index is 1.37. The van der Waals surface area contributed by atoms with Gasteiger partial charge in [-0.1, -0.05) is 6.42 Å². The van der Waals surface area contributed by atoms with E-state index in [4.69, 9.17) is 10.3 Å². The van der Waals surface area contributed by atoms with Crippen LogP contribution in [-0.4, -0.2) is 35.5 Å². The van der Waals surface area contributed by atoms with Gasteiger partial charge in [0.25, 0.3) is 0 Å². The maximum absolute atomic E-state index is 12.1. The minimum atomic E-state index is -0.134. The molecule has 3 fully saturated rings. The Labute approximate surface area is 158 Å². The van der Waals surface area contributed by atoms with Crippen molar-refractivity contribution in [3.63, 3.8) is 0 Å². The van der Waals surface area contributed by atoms with Gasteiger partial charge in [-0.05, 0) is 62.6 Å². The highest BCUT2D eigenvalue weighted by Gasteiger charge is 2.39. The first-order valence-corrected chi connectivity index (χ1v) is 9.71. The molecule has 2 heterocycles. The van der Waals surface area contributed by atoms with Gasteiger partial charge in [-0.2, -0.15) is 5.26 Å². The van der Waals surface area contributed by atoms with Crippen molar-refractivity contribution in [3.8, 4) is 6.19 Å². The monoisotopic (exact) mass is 367 g/mol. The van der Waals surface area contributed by atoms with Gasteiger partial charge in [-0.25, -0.2) is 9.98 Å². The standard InChI is InChI=1S/C19H25N7O/c20-11-23-19(25-16-9-12-3-4-13(16)8-12)24-14-5-6-17(22-10-14)26-18(27)15-2-1-7-21-15/h5-6,10,12-13,15-16,21H,1-4,7-9H2,(H,22,26,27)(H2,23,24,25)/t12-,13+,15+,16+/m1/s1. The number of aromatic nitrogens is 1. The summed E-state index contributed by atoms with van der Waals surface area (Å²) < 4.78 is 0. The van der Waals surface area contributed by atoms with Gasteiger partial charge in [0.15, 0.2) is 6.19 Å². The highest BCUT2D eigenvalue weighted by Crippen LogP contribution is 2.45. The van der Waals surface area contributed by atoms with Crippen molar-refractivity contribution in [2.45, 2.75) is 50.6 Å². The number of amides is 1. The van der Waals surface area contributed by atoms with Crippen molar-refractivity contribution in [3.05, 3.63) is 18.3 Å². The number of hydrogen-bond donors (Lipinski definition) is 4. The highest BCUT2D eigenvalue weighted by atomic mass is 16.2. The molecule has 0 radical (unpaired) electrons. The molecule has 3 aliphatic rings. The second-order valence-corrected chi connectivity index (χ2v) is 7.65. The van der Waals surface area contributed by atoms with Gasteiger partial charge in [0, 0.05) is 0 Å². The molecule has 2 saturated carbocycles. The number of nitrogens with one attached hydrogen (secondary N) is 4. The van der Waals surface area contributed by atoms with Gasteiger partial charge in [0.1, 0.15) is 5.82 Å². The van der Waals surface area contributed by atoms with Crippen molar-refractivity contribution >= 4 is 23.4 Å². The van der Waals surface area contributed by atoms with Crippen LogP contribution in [0.25, 0.3) is 0 Å². The molecule has 27 heavy (non-hydrogen) atoms. The van der Waals surface area contributed by atoms with Crippen LogP contribution in [0.1, 0.15) is 38.5 Å². The van der Waals surface area contributed by atoms with Crippen LogP contribution >= 0.6 is 0 Å². The number of guanidine groups is 1. The summed E-state index contributed by atoms with van der Waals surface area (Å²) in [5.41, 5.74) is 0.719. The number of carbonyl (C=O) groups is 1. The van der Waals surface area contributed by atoms with Crippen molar-refractivity contribution in [1.29, 1.82) is 5.26 Å². The molecule has 4 N–H and O–H groups in total. The van der Waals surface area contributed by atoms with E-state index in [0.717, 1.165) is 37.4 Å². The SMILES string of the molecule is N#CNC(=N[C@H]1C[C@@H]2CC[C@H]1C2)Nc1ccc(NC(=O)[C@@H]2CCCN2)nc1. The lowest BCUT2D eigenvalue weighted by Gasteiger charge is -2.19. The zero-order chi connectivity index (χ0) is 18.6. The lowest BCUT2D eigenvalue weighted by Crippen LogP contribution is -2.35. The molecule has 4 rings (SSSR count). The quantitative estimate of drug-likeness (QED) is 0.279. The number of carbonyl (C=O) groups excluding carboxylic acids is 1. The summed E-state index contributed by atoms with van der Waals surface area (Å²) in [4.78, 5) is 21.1. The third kappa shape index (κ3) is 4.19. The van der Waals surface area contributed by atoms with Gasteiger partial charge in [-0.3, -0.25) is 10.1 Å². The molecule has 1 saturated heterocycles. The van der Waals surface area contributed by atoms with E-state index in [0.29, 0.717) is 17.7 Å². The van der Waals surface area contributed by atoms with Crippen LogP contribution in [0.4, 0.5) is 11.5 Å². The van der Waals surface area contributed by atoms with Crippen LogP contribution < -0.4 is 21.3 Å². The van der Waals surface area contributed by atoms with Crippen LogP contribution in [0.15, 0.2) is 23.3 Å². The first-order chi connectivity index (χ1) is 13.2. The molecule has 1 aromatic rings. The number of hydrogen-bond acceptors (Lipinski definition) is 5. The van der Waals surface area contributed by atoms with Crippen molar-refractivity contribution < 1.29 is 4.79 Å². The largest absolute Gasteiger partial charge is 0.324 e. The fraction of sp³-hybridized carbons (Fsp3) is 0.579. The molecular weight excluding hydrogens is 342 g/mol. The summed E-state index contributed by atoms with van der Waals surface area (Å²) in [7, 11) is 0. The summed E-state index contributed by atoms with van der Waals surface area (Å²) in [5.74, 6) is 2.37. The zero-order valence-corrected chi connectivity index (χ0v) is 15.2. The maximum atomic E-state index is 12.1. The minimum Gasteiger partial charge on any atom is -0.324 e. The van der Waals surface area contributed by atoms with Gasteiger partial charge in [0.2, 0.25) is 11.9 Å². The lowest BCUT2D eigenvalue weighted by atomic mass is 9.96. The molecule has 1 aromatic heterocycles. The molecule has 1 aliphatic heterocycles. The van der Waals surface area contributed by atoms with Crippen molar-refractivity contribution in [1.82, 2.24) is 15.6 Å². The second-order valence-electron chi connectivity index (χ2n) is 7.65. The topological polar surface area (TPSA) is 114 Å². The van der Waals surface area contributed by atoms with Gasteiger partial charge < -0.3 is 16.0 Å². The van der Waals surface area contributed by atoms with E-state index in [1.807, 2.05) is 12.3 Å². The summed E-state index contributed by atoms with van der Waals surface area (Å²) in [6.07, 6.45) is 10.4. The Bertz CT molecular complexity index is 748. The van der Waals surface area contributed by atoms with Gasteiger partial charge in [0.05, 0.1) is 24.0 Å². The molecule has 4 atom stereocenters. The van der Waals surface area contributed by atoms with Crippen LogP contribution in [-0.2, 0) is 4.79 Å². The Morgan fingerprint density at radius 1 is 1.26 bits per heavy atom. The lowest BCUT2D eigenvalue weighted by molar-refractivity contribution is -0.117. The van der Waals surface area contributed by atoms with E-state index in [1.165, 1.54) is 19.3 Å². The number of anilines is 2.